The lowest BCUT2D eigenvalue weighted by Gasteiger charge is -2.18. The van der Waals surface area contributed by atoms with Gasteiger partial charge in [-0.3, -0.25) is 4.98 Å². The second kappa shape index (κ2) is 6.35. The summed E-state index contributed by atoms with van der Waals surface area (Å²) in [7, 11) is 1.96. The Kier molecular flexibility index (Phi) is 4.53. The maximum atomic E-state index is 5.41. The van der Waals surface area contributed by atoms with Crippen molar-refractivity contribution >= 4 is 23.4 Å². The highest BCUT2D eigenvalue weighted by Crippen LogP contribution is 2.20. The molecular weight excluding hydrogens is 260 g/mol. The SMILES string of the molecule is CSc1nc(NN)cc(N(C)Cc2ccccn2)n1. The summed E-state index contributed by atoms with van der Waals surface area (Å²) in [6.07, 6.45) is 3.71. The van der Waals surface area contributed by atoms with Gasteiger partial charge in [0.25, 0.3) is 0 Å². The zero-order valence-electron chi connectivity index (χ0n) is 10.9. The smallest absolute Gasteiger partial charge is 0.191 e. The molecule has 0 spiro atoms. The van der Waals surface area contributed by atoms with E-state index in [1.807, 2.05) is 42.5 Å². The number of rotatable bonds is 5. The topological polar surface area (TPSA) is 80.0 Å². The summed E-state index contributed by atoms with van der Waals surface area (Å²) in [6.45, 7) is 0.676. The van der Waals surface area contributed by atoms with Crippen LogP contribution in [-0.2, 0) is 6.54 Å². The highest BCUT2D eigenvalue weighted by Gasteiger charge is 2.08. The quantitative estimate of drug-likeness (QED) is 0.371. The Labute approximate surface area is 116 Å². The average molecular weight is 276 g/mol. The van der Waals surface area contributed by atoms with Crippen LogP contribution in [0.3, 0.4) is 0 Å². The first-order valence-corrected chi connectivity index (χ1v) is 6.96. The van der Waals surface area contributed by atoms with Gasteiger partial charge in [-0.15, -0.1) is 0 Å². The molecule has 3 N–H and O–H groups in total. The first-order chi connectivity index (χ1) is 9.22. The van der Waals surface area contributed by atoms with Gasteiger partial charge in [0.05, 0.1) is 12.2 Å². The maximum Gasteiger partial charge on any atom is 0.191 e. The molecule has 2 rings (SSSR count). The van der Waals surface area contributed by atoms with Gasteiger partial charge in [-0.1, -0.05) is 17.8 Å². The Bertz CT molecular complexity index is 511. The number of nitrogens with two attached hydrogens (primary N) is 1. The number of nitrogen functional groups attached to an aromatic ring is 1. The van der Waals surface area contributed by atoms with Crippen LogP contribution >= 0.6 is 11.8 Å². The number of aromatic nitrogens is 3. The van der Waals surface area contributed by atoms with Crippen LogP contribution in [0.4, 0.5) is 11.6 Å². The molecule has 0 unspecified atom stereocenters. The lowest BCUT2D eigenvalue weighted by atomic mass is 10.3. The lowest BCUT2D eigenvalue weighted by Crippen LogP contribution is -2.20. The number of hydrazine groups is 1. The zero-order chi connectivity index (χ0) is 13.7. The van der Waals surface area contributed by atoms with E-state index < -0.39 is 0 Å². The summed E-state index contributed by atoms with van der Waals surface area (Å²) >= 11 is 1.48. The van der Waals surface area contributed by atoms with Crippen molar-refractivity contribution in [2.45, 2.75) is 11.7 Å². The molecule has 0 amide bonds. The second-order valence-corrected chi connectivity index (χ2v) is 4.69. The van der Waals surface area contributed by atoms with Gasteiger partial charge in [0.15, 0.2) is 5.16 Å². The van der Waals surface area contributed by atoms with Crippen molar-refractivity contribution in [3.63, 3.8) is 0 Å². The van der Waals surface area contributed by atoms with Crippen molar-refractivity contribution < 1.29 is 0 Å². The Morgan fingerprint density at radius 1 is 1.37 bits per heavy atom. The molecule has 2 aromatic rings. The van der Waals surface area contributed by atoms with E-state index in [1.54, 1.807) is 6.20 Å². The van der Waals surface area contributed by atoms with Crippen LogP contribution < -0.4 is 16.2 Å². The van der Waals surface area contributed by atoms with E-state index in [-0.39, 0.29) is 0 Å². The van der Waals surface area contributed by atoms with Crippen LogP contribution in [0.5, 0.6) is 0 Å². The third kappa shape index (κ3) is 3.55. The molecule has 0 aliphatic heterocycles. The first-order valence-electron chi connectivity index (χ1n) is 5.73. The molecule has 0 atom stereocenters. The monoisotopic (exact) mass is 276 g/mol. The highest BCUT2D eigenvalue weighted by atomic mass is 32.2. The summed E-state index contributed by atoms with van der Waals surface area (Å²) in [6, 6.07) is 7.66. The number of thioether (sulfide) groups is 1. The van der Waals surface area contributed by atoms with Gasteiger partial charge in [-0.2, -0.15) is 0 Å². The minimum atomic E-state index is 0.599. The second-order valence-electron chi connectivity index (χ2n) is 3.92. The van der Waals surface area contributed by atoms with E-state index in [0.29, 0.717) is 17.5 Å². The van der Waals surface area contributed by atoms with Gasteiger partial charge in [0, 0.05) is 19.3 Å². The third-order valence-corrected chi connectivity index (χ3v) is 3.09. The fraction of sp³-hybridized carbons (Fsp3) is 0.250. The van der Waals surface area contributed by atoms with Gasteiger partial charge in [-0.05, 0) is 18.4 Å². The molecule has 0 saturated heterocycles. The summed E-state index contributed by atoms with van der Waals surface area (Å²) in [5.74, 6) is 6.82. The van der Waals surface area contributed by atoms with E-state index in [1.165, 1.54) is 11.8 Å². The number of hydrogen-bond acceptors (Lipinski definition) is 7. The van der Waals surface area contributed by atoms with E-state index in [4.69, 9.17) is 5.84 Å². The van der Waals surface area contributed by atoms with Crippen molar-refractivity contribution in [3.8, 4) is 0 Å². The number of hydrogen-bond donors (Lipinski definition) is 2. The number of pyridine rings is 1. The summed E-state index contributed by atoms with van der Waals surface area (Å²) in [5, 5.41) is 0.679. The van der Waals surface area contributed by atoms with Crippen molar-refractivity contribution in [3.05, 3.63) is 36.2 Å². The minimum Gasteiger partial charge on any atom is -0.354 e. The van der Waals surface area contributed by atoms with Crippen LogP contribution in [0.1, 0.15) is 5.69 Å². The Morgan fingerprint density at radius 3 is 2.84 bits per heavy atom. The van der Waals surface area contributed by atoms with E-state index in [2.05, 4.69) is 20.4 Å². The number of anilines is 2. The molecule has 0 aromatic carbocycles. The summed E-state index contributed by atoms with van der Waals surface area (Å²) < 4.78 is 0. The molecule has 100 valence electrons. The van der Waals surface area contributed by atoms with Crippen molar-refractivity contribution in [2.24, 2.45) is 5.84 Å². The van der Waals surface area contributed by atoms with Crippen LogP contribution in [0.2, 0.25) is 0 Å². The predicted molar refractivity (Wildman–Crippen MR) is 78.0 cm³/mol. The highest BCUT2D eigenvalue weighted by molar-refractivity contribution is 7.98. The van der Waals surface area contributed by atoms with Crippen LogP contribution in [-0.4, -0.2) is 28.3 Å². The summed E-state index contributed by atoms with van der Waals surface area (Å²) in [4.78, 5) is 15.0. The molecule has 7 heteroatoms. The first kappa shape index (κ1) is 13.6. The van der Waals surface area contributed by atoms with Crippen LogP contribution in [0.25, 0.3) is 0 Å². The fourth-order valence-corrected chi connectivity index (χ4v) is 1.96. The van der Waals surface area contributed by atoms with E-state index in [9.17, 15) is 0 Å². The van der Waals surface area contributed by atoms with E-state index >= 15 is 0 Å². The standard InChI is InChI=1S/C12H16N6S/c1-18(8-9-5-3-4-6-14-9)11-7-10(17-13)15-12(16-11)19-2/h3-7H,8,13H2,1-2H3,(H,15,16,17). The van der Waals surface area contributed by atoms with Crippen LogP contribution in [0, 0.1) is 0 Å². The zero-order valence-corrected chi connectivity index (χ0v) is 11.7. The molecule has 2 aromatic heterocycles. The molecule has 0 saturated carbocycles. The van der Waals surface area contributed by atoms with Crippen LogP contribution in [0.15, 0.2) is 35.6 Å². The van der Waals surface area contributed by atoms with Crippen molar-refractivity contribution in [1.82, 2.24) is 15.0 Å². The maximum absolute atomic E-state index is 5.41. The molecule has 0 aliphatic carbocycles. The van der Waals surface area contributed by atoms with Gasteiger partial charge in [0.2, 0.25) is 0 Å². The Balaban J connectivity index is 2.20. The minimum absolute atomic E-state index is 0.599. The number of nitrogens with one attached hydrogen (secondary N) is 1. The normalized spacial score (nSPS) is 10.3. The largest absolute Gasteiger partial charge is 0.354 e. The van der Waals surface area contributed by atoms with E-state index in [0.717, 1.165) is 11.5 Å². The van der Waals surface area contributed by atoms with Gasteiger partial charge in [0.1, 0.15) is 11.6 Å². The predicted octanol–water partition coefficient (Wildman–Crippen LogP) is 1.52. The van der Waals surface area contributed by atoms with Gasteiger partial charge < -0.3 is 10.3 Å². The van der Waals surface area contributed by atoms with Crippen molar-refractivity contribution in [2.75, 3.05) is 23.6 Å². The van der Waals surface area contributed by atoms with Gasteiger partial charge >= 0.3 is 0 Å². The molecular formula is C12H16N6S. The molecule has 0 radical (unpaired) electrons. The molecule has 0 aliphatic rings. The summed E-state index contributed by atoms with van der Waals surface area (Å²) in [5.41, 5.74) is 3.54. The molecule has 6 nitrogen and oxygen atoms in total. The lowest BCUT2D eigenvalue weighted by molar-refractivity contribution is 0.837. The Morgan fingerprint density at radius 2 is 2.21 bits per heavy atom. The molecule has 0 fully saturated rings. The Hall–Kier alpha value is -1.86. The molecule has 0 bridgehead atoms. The van der Waals surface area contributed by atoms with Gasteiger partial charge in [-0.25, -0.2) is 15.8 Å². The average Bonchev–Trinajstić information content (AvgIpc) is 2.47. The number of nitrogens with zero attached hydrogens (tertiary/aromatic N) is 4. The molecule has 19 heavy (non-hydrogen) atoms. The third-order valence-electron chi connectivity index (χ3n) is 2.54. The van der Waals surface area contributed by atoms with Crippen molar-refractivity contribution in [1.29, 1.82) is 0 Å². The fourth-order valence-electron chi connectivity index (χ4n) is 1.59. The molecule has 2 heterocycles.